The first-order chi connectivity index (χ1) is 8.69. The molecule has 1 aromatic rings. The number of nitrogens with zero attached hydrogens (tertiary/aromatic N) is 3. The van der Waals surface area contributed by atoms with E-state index >= 15 is 0 Å². The van der Waals surface area contributed by atoms with Gasteiger partial charge in [0, 0.05) is 30.9 Å². The first-order valence-corrected chi connectivity index (χ1v) is 7.09. The zero-order valence-corrected chi connectivity index (χ0v) is 13.1. The molecule has 1 aliphatic heterocycles. The summed E-state index contributed by atoms with van der Waals surface area (Å²) in [4.78, 5) is 2.56. The molecule has 110 valence electrons. The van der Waals surface area contributed by atoms with Gasteiger partial charge in [-0.15, -0.1) is 12.4 Å². The highest BCUT2D eigenvalue weighted by Crippen LogP contribution is 2.18. The molecule has 5 heteroatoms. The number of hydrogen-bond acceptors (Lipinski definition) is 3. The summed E-state index contributed by atoms with van der Waals surface area (Å²) in [6, 6.07) is 0.456. The lowest BCUT2D eigenvalue weighted by atomic mass is 9.98. The van der Waals surface area contributed by atoms with Gasteiger partial charge in [-0.3, -0.25) is 9.58 Å². The van der Waals surface area contributed by atoms with Crippen LogP contribution in [-0.4, -0.2) is 41.4 Å². The van der Waals surface area contributed by atoms with Crippen LogP contribution in [0.5, 0.6) is 0 Å². The summed E-state index contributed by atoms with van der Waals surface area (Å²) >= 11 is 0. The van der Waals surface area contributed by atoms with Crippen molar-refractivity contribution in [3.8, 4) is 0 Å². The molecule has 1 unspecified atom stereocenters. The number of hydrogen-bond donors (Lipinski definition) is 1. The van der Waals surface area contributed by atoms with Crippen molar-refractivity contribution in [2.45, 2.75) is 39.3 Å². The van der Waals surface area contributed by atoms with Gasteiger partial charge in [0.15, 0.2) is 0 Å². The van der Waals surface area contributed by atoms with E-state index in [1.807, 2.05) is 17.9 Å². The van der Waals surface area contributed by atoms with Crippen LogP contribution in [0.25, 0.3) is 0 Å². The van der Waals surface area contributed by atoms with E-state index in [9.17, 15) is 0 Å². The van der Waals surface area contributed by atoms with E-state index in [2.05, 4.69) is 35.4 Å². The van der Waals surface area contributed by atoms with Gasteiger partial charge in [0.25, 0.3) is 0 Å². The Morgan fingerprint density at radius 2 is 2.26 bits per heavy atom. The summed E-state index contributed by atoms with van der Waals surface area (Å²) in [6.45, 7) is 8.97. The van der Waals surface area contributed by atoms with Gasteiger partial charge in [-0.25, -0.2) is 0 Å². The van der Waals surface area contributed by atoms with E-state index in [-0.39, 0.29) is 12.4 Å². The van der Waals surface area contributed by atoms with Gasteiger partial charge >= 0.3 is 0 Å². The molecule has 1 fully saturated rings. The molecule has 4 nitrogen and oxygen atoms in total. The van der Waals surface area contributed by atoms with Gasteiger partial charge in [-0.2, -0.15) is 5.10 Å². The molecule has 19 heavy (non-hydrogen) atoms. The molecule has 0 radical (unpaired) electrons. The van der Waals surface area contributed by atoms with Crippen molar-refractivity contribution in [3.63, 3.8) is 0 Å². The Bertz CT molecular complexity index is 362. The third kappa shape index (κ3) is 4.79. The fourth-order valence-electron chi connectivity index (χ4n) is 2.75. The predicted molar refractivity (Wildman–Crippen MR) is 81.8 cm³/mol. The van der Waals surface area contributed by atoms with Gasteiger partial charge in [0.2, 0.25) is 0 Å². The van der Waals surface area contributed by atoms with Crippen LogP contribution in [0, 0.1) is 5.92 Å². The normalized spacial score (nSPS) is 20.5. The molecule has 2 heterocycles. The first kappa shape index (κ1) is 16.5. The second-order valence-corrected chi connectivity index (χ2v) is 5.72. The minimum Gasteiger partial charge on any atom is -0.319 e. The average molecular weight is 287 g/mol. The lowest BCUT2D eigenvalue weighted by Crippen LogP contribution is -2.38. The molecule has 0 bridgehead atoms. The topological polar surface area (TPSA) is 33.1 Å². The number of rotatable bonds is 5. The molecule has 0 aromatic carbocycles. The molecule has 0 aliphatic carbocycles. The Kier molecular flexibility index (Phi) is 6.83. The maximum absolute atomic E-state index is 4.41. The van der Waals surface area contributed by atoms with Crippen molar-refractivity contribution in [2.75, 3.05) is 26.7 Å². The number of likely N-dealkylation sites (tertiary alicyclic amines) is 1. The van der Waals surface area contributed by atoms with Crippen LogP contribution in [0.3, 0.4) is 0 Å². The molecule has 1 N–H and O–H groups in total. The van der Waals surface area contributed by atoms with E-state index in [0.717, 1.165) is 19.0 Å². The Morgan fingerprint density at radius 1 is 1.47 bits per heavy atom. The van der Waals surface area contributed by atoms with E-state index in [1.54, 1.807) is 0 Å². The van der Waals surface area contributed by atoms with E-state index in [4.69, 9.17) is 0 Å². The van der Waals surface area contributed by atoms with Crippen LogP contribution in [0.2, 0.25) is 0 Å². The first-order valence-electron chi connectivity index (χ1n) is 7.09. The maximum atomic E-state index is 4.41. The Hall–Kier alpha value is -0.580. The van der Waals surface area contributed by atoms with E-state index in [0.29, 0.717) is 6.04 Å². The van der Waals surface area contributed by atoms with E-state index < -0.39 is 0 Å². The Morgan fingerprint density at radius 3 is 2.89 bits per heavy atom. The minimum atomic E-state index is 0. The van der Waals surface area contributed by atoms with Crippen molar-refractivity contribution in [1.29, 1.82) is 0 Å². The van der Waals surface area contributed by atoms with Crippen LogP contribution in [0.4, 0.5) is 0 Å². The molecule has 0 saturated carbocycles. The van der Waals surface area contributed by atoms with Crippen LogP contribution in [0.15, 0.2) is 12.4 Å². The molecule has 0 spiro atoms. The number of nitrogens with one attached hydrogen (secondary N) is 1. The summed E-state index contributed by atoms with van der Waals surface area (Å²) in [5.41, 5.74) is 1.34. The summed E-state index contributed by atoms with van der Waals surface area (Å²) in [7, 11) is 2.05. The monoisotopic (exact) mass is 286 g/mol. The molecule has 2 rings (SSSR count). The van der Waals surface area contributed by atoms with Crippen LogP contribution in [-0.2, 0) is 6.54 Å². The molecule has 1 atom stereocenters. The molecular formula is C14H27ClN4. The SMILES string of the molecule is CNCC1CCCN(Cc2cnn(C(C)C)c2)C1.Cl. The van der Waals surface area contributed by atoms with Crippen molar-refractivity contribution in [3.05, 3.63) is 18.0 Å². The maximum Gasteiger partial charge on any atom is 0.0534 e. The van der Waals surface area contributed by atoms with Gasteiger partial charge < -0.3 is 5.32 Å². The lowest BCUT2D eigenvalue weighted by Gasteiger charge is -2.32. The number of halogens is 1. The van der Waals surface area contributed by atoms with Crippen LogP contribution >= 0.6 is 12.4 Å². The Balaban J connectivity index is 0.00000180. The number of aromatic nitrogens is 2. The fourth-order valence-corrected chi connectivity index (χ4v) is 2.75. The van der Waals surface area contributed by atoms with Crippen LogP contribution in [0.1, 0.15) is 38.3 Å². The highest BCUT2D eigenvalue weighted by Gasteiger charge is 2.19. The Labute approximate surface area is 123 Å². The van der Waals surface area contributed by atoms with Crippen molar-refractivity contribution in [2.24, 2.45) is 5.92 Å². The predicted octanol–water partition coefficient (Wildman–Crippen LogP) is 2.32. The zero-order valence-electron chi connectivity index (χ0n) is 12.3. The second-order valence-electron chi connectivity index (χ2n) is 5.72. The molecule has 0 amide bonds. The van der Waals surface area contributed by atoms with Crippen molar-refractivity contribution < 1.29 is 0 Å². The average Bonchev–Trinajstić information content (AvgIpc) is 2.78. The third-order valence-electron chi connectivity index (χ3n) is 3.69. The fraction of sp³-hybridized carbons (Fsp3) is 0.786. The molecule has 1 aliphatic rings. The van der Waals surface area contributed by atoms with Gasteiger partial charge in [-0.1, -0.05) is 0 Å². The number of piperidine rings is 1. The standard InChI is InChI=1S/C14H26N4.ClH/c1-12(2)18-11-14(8-16-18)10-17-6-4-5-13(9-17)7-15-3;/h8,11-13,15H,4-7,9-10H2,1-3H3;1H. The van der Waals surface area contributed by atoms with Crippen LogP contribution < -0.4 is 5.32 Å². The highest BCUT2D eigenvalue weighted by atomic mass is 35.5. The third-order valence-corrected chi connectivity index (χ3v) is 3.69. The van der Waals surface area contributed by atoms with Gasteiger partial charge in [0.1, 0.15) is 0 Å². The molecule has 1 saturated heterocycles. The second kappa shape index (κ2) is 7.88. The van der Waals surface area contributed by atoms with E-state index in [1.165, 1.54) is 31.5 Å². The lowest BCUT2D eigenvalue weighted by molar-refractivity contribution is 0.167. The molecule has 1 aromatic heterocycles. The summed E-state index contributed by atoms with van der Waals surface area (Å²) in [6.07, 6.45) is 6.89. The van der Waals surface area contributed by atoms with Gasteiger partial charge in [0.05, 0.1) is 6.20 Å². The minimum absolute atomic E-state index is 0. The summed E-state index contributed by atoms with van der Waals surface area (Å²) < 4.78 is 2.05. The zero-order chi connectivity index (χ0) is 13.0. The summed E-state index contributed by atoms with van der Waals surface area (Å²) in [5.74, 6) is 0.809. The summed E-state index contributed by atoms with van der Waals surface area (Å²) in [5, 5.41) is 7.71. The smallest absolute Gasteiger partial charge is 0.0534 e. The van der Waals surface area contributed by atoms with Crippen molar-refractivity contribution >= 4 is 12.4 Å². The highest BCUT2D eigenvalue weighted by molar-refractivity contribution is 5.85. The largest absolute Gasteiger partial charge is 0.319 e. The quantitative estimate of drug-likeness (QED) is 0.902. The molecular weight excluding hydrogens is 260 g/mol. The van der Waals surface area contributed by atoms with Gasteiger partial charge in [-0.05, 0) is 52.7 Å². The van der Waals surface area contributed by atoms with Crippen molar-refractivity contribution in [1.82, 2.24) is 20.0 Å².